The van der Waals surface area contributed by atoms with E-state index in [0.717, 1.165) is 37.3 Å². The van der Waals surface area contributed by atoms with Gasteiger partial charge in [0.1, 0.15) is 11.6 Å². The molecule has 3 heteroatoms. The van der Waals surface area contributed by atoms with E-state index in [0.29, 0.717) is 5.92 Å². The molecule has 0 N–H and O–H groups in total. The molecule has 0 atom stereocenters. The highest BCUT2D eigenvalue weighted by Gasteiger charge is 2.11. The third kappa shape index (κ3) is 3.92. The number of imidazole rings is 1. The van der Waals surface area contributed by atoms with Crippen LogP contribution in [0.4, 0.5) is 0 Å². The van der Waals surface area contributed by atoms with Crippen molar-refractivity contribution in [3.63, 3.8) is 0 Å². The van der Waals surface area contributed by atoms with Gasteiger partial charge in [0.25, 0.3) is 0 Å². The summed E-state index contributed by atoms with van der Waals surface area (Å²) in [5, 5.41) is 0. The molecular weight excluding hydrogens is 284 g/mol. The number of hydrogen-bond donors (Lipinski definition) is 0. The number of ether oxygens (including phenoxy) is 1. The first-order valence-corrected chi connectivity index (χ1v) is 8.36. The molecule has 0 fully saturated rings. The zero-order valence-electron chi connectivity index (χ0n) is 13.9. The van der Waals surface area contributed by atoms with Crippen LogP contribution in [0.5, 0.6) is 5.75 Å². The summed E-state index contributed by atoms with van der Waals surface area (Å²) in [6.45, 7) is 6.14. The Balaban J connectivity index is 1.68. The maximum Gasteiger partial charge on any atom is 0.119 e. The van der Waals surface area contributed by atoms with E-state index in [1.807, 2.05) is 30.3 Å². The van der Waals surface area contributed by atoms with Crippen molar-refractivity contribution in [1.82, 2.24) is 9.55 Å². The minimum atomic E-state index is 0.603. The van der Waals surface area contributed by atoms with Gasteiger partial charge in [0.15, 0.2) is 0 Å². The SMILES string of the molecule is CC(C)Cc1nc2ccccc2n1CCCOc1ccccc1. The number of aromatic nitrogens is 2. The van der Waals surface area contributed by atoms with Crippen LogP contribution in [-0.2, 0) is 13.0 Å². The number of aryl methyl sites for hydroxylation is 1. The van der Waals surface area contributed by atoms with Crippen LogP contribution in [0.3, 0.4) is 0 Å². The number of fused-ring (bicyclic) bond motifs is 1. The predicted molar refractivity (Wildman–Crippen MR) is 94.8 cm³/mol. The fourth-order valence-electron chi connectivity index (χ4n) is 2.83. The normalized spacial score (nSPS) is 11.3. The van der Waals surface area contributed by atoms with Gasteiger partial charge in [-0.3, -0.25) is 0 Å². The first-order chi connectivity index (χ1) is 11.2. The van der Waals surface area contributed by atoms with Gasteiger partial charge in [-0.1, -0.05) is 44.2 Å². The summed E-state index contributed by atoms with van der Waals surface area (Å²) in [4.78, 5) is 4.81. The van der Waals surface area contributed by atoms with E-state index in [2.05, 4.69) is 42.7 Å². The highest BCUT2D eigenvalue weighted by Crippen LogP contribution is 2.19. The largest absolute Gasteiger partial charge is 0.494 e. The van der Waals surface area contributed by atoms with Gasteiger partial charge in [-0.15, -0.1) is 0 Å². The molecule has 120 valence electrons. The first-order valence-electron chi connectivity index (χ1n) is 8.36. The Bertz CT molecular complexity index is 747. The lowest BCUT2D eigenvalue weighted by Crippen LogP contribution is -2.09. The summed E-state index contributed by atoms with van der Waals surface area (Å²) in [5.41, 5.74) is 2.31. The van der Waals surface area contributed by atoms with E-state index >= 15 is 0 Å². The van der Waals surface area contributed by atoms with Crippen LogP contribution in [0.1, 0.15) is 26.1 Å². The van der Waals surface area contributed by atoms with Crippen LogP contribution in [0, 0.1) is 5.92 Å². The first kappa shape index (κ1) is 15.6. The van der Waals surface area contributed by atoms with Crippen LogP contribution in [0.15, 0.2) is 54.6 Å². The zero-order valence-corrected chi connectivity index (χ0v) is 13.9. The van der Waals surface area contributed by atoms with Crippen molar-refractivity contribution in [2.45, 2.75) is 33.2 Å². The lowest BCUT2D eigenvalue weighted by atomic mass is 10.1. The molecule has 0 saturated heterocycles. The second-order valence-electron chi connectivity index (χ2n) is 6.28. The molecule has 23 heavy (non-hydrogen) atoms. The average molecular weight is 308 g/mol. The van der Waals surface area contributed by atoms with E-state index in [9.17, 15) is 0 Å². The average Bonchev–Trinajstić information content (AvgIpc) is 2.89. The van der Waals surface area contributed by atoms with Crippen LogP contribution in [-0.4, -0.2) is 16.2 Å². The van der Waals surface area contributed by atoms with Gasteiger partial charge in [-0.2, -0.15) is 0 Å². The van der Waals surface area contributed by atoms with Gasteiger partial charge in [-0.05, 0) is 36.6 Å². The Kier molecular flexibility index (Phi) is 4.96. The highest BCUT2D eigenvalue weighted by atomic mass is 16.5. The summed E-state index contributed by atoms with van der Waals surface area (Å²) in [6, 6.07) is 18.4. The smallest absolute Gasteiger partial charge is 0.119 e. The lowest BCUT2D eigenvalue weighted by molar-refractivity contribution is 0.301. The Hall–Kier alpha value is -2.29. The number of para-hydroxylation sites is 3. The van der Waals surface area contributed by atoms with Crippen molar-refractivity contribution in [2.24, 2.45) is 5.92 Å². The molecule has 2 aromatic carbocycles. The number of hydrogen-bond acceptors (Lipinski definition) is 2. The molecule has 3 rings (SSSR count). The Labute approximate surface area is 137 Å². The van der Waals surface area contributed by atoms with E-state index in [-0.39, 0.29) is 0 Å². The molecule has 0 unspecified atom stereocenters. The van der Waals surface area contributed by atoms with Gasteiger partial charge in [0, 0.05) is 13.0 Å². The standard InChI is InChI=1S/C20H24N2O/c1-16(2)15-20-21-18-11-6-7-12-19(18)22(20)13-8-14-23-17-9-4-3-5-10-17/h3-7,9-12,16H,8,13-15H2,1-2H3. The number of nitrogens with zero attached hydrogens (tertiary/aromatic N) is 2. The Morgan fingerprint density at radius 1 is 1.00 bits per heavy atom. The van der Waals surface area contributed by atoms with Crippen LogP contribution in [0.2, 0.25) is 0 Å². The quantitative estimate of drug-likeness (QED) is 0.591. The van der Waals surface area contributed by atoms with Crippen molar-refractivity contribution in [3.8, 4) is 5.75 Å². The molecule has 0 saturated carbocycles. The monoisotopic (exact) mass is 308 g/mol. The van der Waals surface area contributed by atoms with Crippen molar-refractivity contribution in [2.75, 3.05) is 6.61 Å². The maximum atomic E-state index is 5.80. The summed E-state index contributed by atoms with van der Waals surface area (Å²) in [6.07, 6.45) is 1.98. The van der Waals surface area contributed by atoms with Gasteiger partial charge < -0.3 is 9.30 Å². The van der Waals surface area contributed by atoms with Crippen molar-refractivity contribution in [1.29, 1.82) is 0 Å². The molecule has 0 aliphatic carbocycles. The molecule has 1 heterocycles. The Morgan fingerprint density at radius 2 is 1.74 bits per heavy atom. The third-order valence-corrected chi connectivity index (χ3v) is 3.86. The fourth-order valence-corrected chi connectivity index (χ4v) is 2.83. The second-order valence-corrected chi connectivity index (χ2v) is 6.28. The lowest BCUT2D eigenvalue weighted by Gasteiger charge is -2.11. The molecule has 3 nitrogen and oxygen atoms in total. The molecule has 0 radical (unpaired) electrons. The van der Waals surface area contributed by atoms with E-state index < -0.39 is 0 Å². The highest BCUT2D eigenvalue weighted by molar-refractivity contribution is 5.75. The molecule has 0 amide bonds. The predicted octanol–water partition coefficient (Wildman–Crippen LogP) is 4.70. The molecule has 0 spiro atoms. The zero-order chi connectivity index (χ0) is 16.1. The number of rotatable bonds is 7. The van der Waals surface area contributed by atoms with E-state index in [1.165, 1.54) is 11.3 Å². The minimum absolute atomic E-state index is 0.603. The minimum Gasteiger partial charge on any atom is -0.494 e. The number of benzene rings is 2. The van der Waals surface area contributed by atoms with Crippen LogP contribution < -0.4 is 4.74 Å². The van der Waals surface area contributed by atoms with Gasteiger partial charge in [0.05, 0.1) is 17.6 Å². The van der Waals surface area contributed by atoms with Gasteiger partial charge in [-0.25, -0.2) is 4.98 Å². The third-order valence-electron chi connectivity index (χ3n) is 3.86. The summed E-state index contributed by atoms with van der Waals surface area (Å²) < 4.78 is 8.15. The van der Waals surface area contributed by atoms with Crippen LogP contribution >= 0.6 is 0 Å². The van der Waals surface area contributed by atoms with E-state index in [4.69, 9.17) is 9.72 Å². The topological polar surface area (TPSA) is 27.1 Å². The molecule has 1 aromatic heterocycles. The van der Waals surface area contributed by atoms with E-state index in [1.54, 1.807) is 0 Å². The summed E-state index contributed by atoms with van der Waals surface area (Å²) in [7, 11) is 0. The van der Waals surface area contributed by atoms with Gasteiger partial charge >= 0.3 is 0 Å². The van der Waals surface area contributed by atoms with Crippen LogP contribution in [0.25, 0.3) is 11.0 Å². The van der Waals surface area contributed by atoms with Crippen molar-refractivity contribution < 1.29 is 4.74 Å². The summed E-state index contributed by atoms with van der Waals surface area (Å²) >= 11 is 0. The molecule has 0 bridgehead atoms. The Morgan fingerprint density at radius 3 is 2.52 bits per heavy atom. The summed E-state index contributed by atoms with van der Waals surface area (Å²) in [5.74, 6) is 2.72. The second kappa shape index (κ2) is 7.32. The molecule has 0 aliphatic rings. The fraction of sp³-hybridized carbons (Fsp3) is 0.350. The van der Waals surface area contributed by atoms with Crippen molar-refractivity contribution in [3.05, 3.63) is 60.4 Å². The molecule has 0 aliphatic heterocycles. The molecule has 3 aromatic rings. The maximum absolute atomic E-state index is 5.80. The van der Waals surface area contributed by atoms with Crippen molar-refractivity contribution >= 4 is 11.0 Å². The molecular formula is C20H24N2O. The van der Waals surface area contributed by atoms with Gasteiger partial charge in [0.2, 0.25) is 0 Å².